The third kappa shape index (κ3) is 5.44. The average molecular weight is 376 g/mol. The summed E-state index contributed by atoms with van der Waals surface area (Å²) < 4.78 is 5.35. The van der Waals surface area contributed by atoms with Crippen molar-refractivity contribution >= 4 is 17.5 Å². The lowest BCUT2D eigenvalue weighted by atomic mass is 10.1. The van der Waals surface area contributed by atoms with Crippen LogP contribution in [-0.2, 0) is 13.1 Å². The van der Waals surface area contributed by atoms with E-state index in [1.165, 1.54) is 5.56 Å². The van der Waals surface area contributed by atoms with E-state index in [2.05, 4.69) is 35.1 Å². The van der Waals surface area contributed by atoms with E-state index in [0.717, 1.165) is 25.2 Å². The van der Waals surface area contributed by atoms with Gasteiger partial charge in [-0.3, -0.25) is 9.69 Å². The van der Waals surface area contributed by atoms with Crippen LogP contribution in [0, 0.1) is 0 Å². The molecule has 0 aliphatic heterocycles. The van der Waals surface area contributed by atoms with Crippen molar-refractivity contribution in [3.63, 3.8) is 0 Å². The first-order valence-electron chi connectivity index (χ1n) is 8.95. The van der Waals surface area contributed by atoms with Crippen LogP contribution in [0.25, 0.3) is 0 Å². The van der Waals surface area contributed by atoms with Crippen LogP contribution in [0.2, 0.25) is 5.02 Å². The topological polar surface area (TPSA) is 54.5 Å². The highest BCUT2D eigenvalue weighted by molar-refractivity contribution is 6.33. The molecule has 2 rings (SSSR count). The molecule has 1 aromatic heterocycles. The Morgan fingerprint density at radius 1 is 1.12 bits per heavy atom. The van der Waals surface area contributed by atoms with Crippen molar-refractivity contribution in [1.29, 1.82) is 0 Å². The summed E-state index contributed by atoms with van der Waals surface area (Å²) in [5, 5.41) is 3.22. The predicted octanol–water partition coefficient (Wildman–Crippen LogP) is 3.91. The van der Waals surface area contributed by atoms with E-state index < -0.39 is 0 Å². The first-order valence-corrected chi connectivity index (χ1v) is 9.33. The molecule has 0 aliphatic carbocycles. The molecule has 140 valence electrons. The van der Waals surface area contributed by atoms with Crippen molar-refractivity contribution in [3.8, 4) is 5.88 Å². The lowest BCUT2D eigenvalue weighted by molar-refractivity contribution is 0.0944. The zero-order valence-electron chi connectivity index (χ0n) is 15.6. The smallest absolute Gasteiger partial charge is 0.271 e. The van der Waals surface area contributed by atoms with Gasteiger partial charge in [0.25, 0.3) is 5.91 Å². The minimum absolute atomic E-state index is 0.179. The number of hydrogen-bond donors (Lipinski definition) is 1. The van der Waals surface area contributed by atoms with Crippen LogP contribution < -0.4 is 10.1 Å². The number of carbonyl (C=O) groups excluding carboxylic acids is 1. The molecule has 0 aliphatic rings. The number of rotatable bonds is 9. The summed E-state index contributed by atoms with van der Waals surface area (Å²) in [6.45, 7) is 9.89. The number of hydrogen-bond acceptors (Lipinski definition) is 4. The maximum absolute atomic E-state index is 12.5. The van der Waals surface area contributed by atoms with E-state index in [1.807, 2.05) is 25.1 Å². The summed E-state index contributed by atoms with van der Waals surface area (Å²) in [5.41, 5.74) is 2.47. The van der Waals surface area contributed by atoms with E-state index >= 15 is 0 Å². The third-order valence-electron chi connectivity index (χ3n) is 4.17. The molecule has 0 atom stereocenters. The number of benzene rings is 1. The minimum Gasteiger partial charge on any atom is -0.478 e. The summed E-state index contributed by atoms with van der Waals surface area (Å²) in [6, 6.07) is 11.4. The molecule has 1 amide bonds. The van der Waals surface area contributed by atoms with E-state index in [0.29, 0.717) is 24.1 Å². The summed E-state index contributed by atoms with van der Waals surface area (Å²) in [6.07, 6.45) is 0. The van der Waals surface area contributed by atoms with Crippen LogP contribution in [-0.4, -0.2) is 35.5 Å². The lowest BCUT2D eigenvalue weighted by Crippen LogP contribution is -2.26. The zero-order valence-corrected chi connectivity index (χ0v) is 16.3. The Labute approximate surface area is 160 Å². The second-order valence-corrected chi connectivity index (χ2v) is 6.23. The summed E-state index contributed by atoms with van der Waals surface area (Å²) in [5.74, 6) is 0.0816. The Morgan fingerprint density at radius 3 is 2.46 bits per heavy atom. The Balaban J connectivity index is 2.09. The molecule has 0 fully saturated rings. The van der Waals surface area contributed by atoms with Gasteiger partial charge in [-0.25, -0.2) is 4.98 Å². The van der Waals surface area contributed by atoms with Gasteiger partial charge in [0.1, 0.15) is 0 Å². The molecule has 0 saturated heterocycles. The molecule has 26 heavy (non-hydrogen) atoms. The van der Waals surface area contributed by atoms with Gasteiger partial charge < -0.3 is 10.1 Å². The van der Waals surface area contributed by atoms with Crippen molar-refractivity contribution in [1.82, 2.24) is 15.2 Å². The molecule has 5 nitrogen and oxygen atoms in total. The van der Waals surface area contributed by atoms with Crippen LogP contribution in [0.1, 0.15) is 42.4 Å². The molecule has 1 aromatic carbocycles. The normalized spacial score (nSPS) is 10.8. The van der Waals surface area contributed by atoms with Gasteiger partial charge in [0.05, 0.1) is 11.6 Å². The van der Waals surface area contributed by atoms with Gasteiger partial charge in [0.2, 0.25) is 5.88 Å². The summed E-state index contributed by atoms with van der Waals surface area (Å²) >= 11 is 6.13. The lowest BCUT2D eigenvalue weighted by Gasteiger charge is -2.20. The third-order valence-corrected chi connectivity index (χ3v) is 4.48. The second kappa shape index (κ2) is 10.1. The maximum atomic E-state index is 12.5. The van der Waals surface area contributed by atoms with Crippen LogP contribution in [0.3, 0.4) is 0 Å². The van der Waals surface area contributed by atoms with Crippen molar-refractivity contribution in [3.05, 3.63) is 58.2 Å². The van der Waals surface area contributed by atoms with Crippen LogP contribution >= 0.6 is 11.6 Å². The van der Waals surface area contributed by atoms with E-state index in [4.69, 9.17) is 16.3 Å². The monoisotopic (exact) mass is 375 g/mol. The van der Waals surface area contributed by atoms with Gasteiger partial charge >= 0.3 is 0 Å². The second-order valence-electron chi connectivity index (χ2n) is 5.83. The van der Waals surface area contributed by atoms with E-state index in [-0.39, 0.29) is 11.6 Å². The van der Waals surface area contributed by atoms with Crippen LogP contribution in [0.4, 0.5) is 0 Å². The molecule has 0 bridgehead atoms. The number of aromatic nitrogens is 1. The molecule has 0 radical (unpaired) electrons. The largest absolute Gasteiger partial charge is 0.478 e. The maximum Gasteiger partial charge on any atom is 0.271 e. The number of ether oxygens (including phenoxy) is 1. The van der Waals surface area contributed by atoms with E-state index in [9.17, 15) is 4.79 Å². The standard InChI is InChI=1S/C20H26ClN3O2/c1-4-24(5-2)14-16-10-8-7-9-15(16)13-22-20(25)19-17(21)11-12-18(23-19)26-6-3/h7-12H,4-6,13-14H2,1-3H3,(H,22,25). The van der Waals surface area contributed by atoms with Gasteiger partial charge in [-0.15, -0.1) is 0 Å². The first-order chi connectivity index (χ1) is 12.6. The van der Waals surface area contributed by atoms with Gasteiger partial charge in [0, 0.05) is 19.2 Å². The fraction of sp³-hybridized carbons (Fsp3) is 0.400. The van der Waals surface area contributed by atoms with Crippen LogP contribution in [0.5, 0.6) is 5.88 Å². The van der Waals surface area contributed by atoms with Gasteiger partial charge in [-0.2, -0.15) is 0 Å². The quantitative estimate of drug-likeness (QED) is 0.722. The van der Waals surface area contributed by atoms with Crippen molar-refractivity contribution in [2.45, 2.75) is 33.9 Å². The fourth-order valence-electron chi connectivity index (χ4n) is 2.64. The molecule has 1 N–H and O–H groups in total. The SMILES string of the molecule is CCOc1ccc(Cl)c(C(=O)NCc2ccccc2CN(CC)CC)n1. The summed E-state index contributed by atoms with van der Waals surface area (Å²) in [4.78, 5) is 19.1. The average Bonchev–Trinajstić information content (AvgIpc) is 2.66. The molecule has 0 spiro atoms. The molecular weight excluding hydrogens is 350 g/mol. The Hall–Kier alpha value is -2.11. The predicted molar refractivity (Wildman–Crippen MR) is 105 cm³/mol. The van der Waals surface area contributed by atoms with Gasteiger partial charge in [0.15, 0.2) is 5.69 Å². The minimum atomic E-state index is -0.311. The molecular formula is C20H26ClN3O2. The Bertz CT molecular complexity index is 733. The molecule has 2 aromatic rings. The Morgan fingerprint density at radius 2 is 1.81 bits per heavy atom. The number of nitrogens with zero attached hydrogens (tertiary/aromatic N) is 2. The number of pyridine rings is 1. The van der Waals surface area contributed by atoms with Crippen molar-refractivity contribution in [2.75, 3.05) is 19.7 Å². The first kappa shape index (κ1) is 20.2. The molecule has 1 heterocycles. The number of carbonyl (C=O) groups is 1. The van der Waals surface area contributed by atoms with Gasteiger partial charge in [-0.1, -0.05) is 49.7 Å². The van der Waals surface area contributed by atoms with Crippen molar-refractivity contribution < 1.29 is 9.53 Å². The Kier molecular flexibility index (Phi) is 7.88. The zero-order chi connectivity index (χ0) is 18.9. The summed E-state index contributed by atoms with van der Waals surface area (Å²) in [7, 11) is 0. The highest BCUT2D eigenvalue weighted by Gasteiger charge is 2.14. The molecule has 6 heteroatoms. The van der Waals surface area contributed by atoms with E-state index in [1.54, 1.807) is 12.1 Å². The molecule has 0 unspecified atom stereocenters. The van der Waals surface area contributed by atoms with Crippen LogP contribution in [0.15, 0.2) is 36.4 Å². The number of halogens is 1. The number of nitrogens with one attached hydrogen (secondary N) is 1. The van der Waals surface area contributed by atoms with Gasteiger partial charge in [-0.05, 0) is 37.2 Å². The highest BCUT2D eigenvalue weighted by atomic mass is 35.5. The fourth-order valence-corrected chi connectivity index (χ4v) is 2.83. The van der Waals surface area contributed by atoms with Crippen molar-refractivity contribution in [2.24, 2.45) is 0 Å². The molecule has 0 saturated carbocycles. The number of amides is 1. The highest BCUT2D eigenvalue weighted by Crippen LogP contribution is 2.18.